The van der Waals surface area contributed by atoms with Crippen molar-refractivity contribution < 1.29 is 24.5 Å². The van der Waals surface area contributed by atoms with Crippen LogP contribution in [0.4, 0.5) is 10.5 Å². The molecule has 1 aliphatic heterocycles. The maximum absolute atomic E-state index is 12.1. The lowest BCUT2D eigenvalue weighted by Gasteiger charge is -2.15. The molecule has 4 atom stereocenters. The molecule has 2 aromatic rings. The summed E-state index contributed by atoms with van der Waals surface area (Å²) in [6.07, 6.45) is -0.918. The third-order valence-electron chi connectivity index (χ3n) is 4.56. The molecule has 2 heterocycles. The van der Waals surface area contributed by atoms with Crippen LogP contribution in [0.25, 0.3) is 0 Å². The number of carbonyl (C=O) groups is 2. The Kier molecular flexibility index (Phi) is 7.12. The van der Waals surface area contributed by atoms with Crippen LogP contribution < -0.4 is 16.0 Å². The highest BCUT2D eigenvalue weighted by molar-refractivity contribution is 5.89. The number of hydrogen-bond acceptors (Lipinski definition) is 6. The van der Waals surface area contributed by atoms with Crippen LogP contribution in [0.3, 0.4) is 0 Å². The highest BCUT2D eigenvalue weighted by atomic mass is 16.5. The molecule has 0 aliphatic carbocycles. The Hall–Kier alpha value is -3.01. The summed E-state index contributed by atoms with van der Waals surface area (Å²) in [5.41, 5.74) is 1.47. The van der Waals surface area contributed by atoms with E-state index in [0.29, 0.717) is 12.2 Å². The topological polar surface area (TPSA) is 133 Å². The summed E-state index contributed by atoms with van der Waals surface area (Å²) in [7, 11) is 0. The molecule has 3 rings (SSSR count). The number of hydrogen-bond donors (Lipinski definition) is 5. The van der Waals surface area contributed by atoms with E-state index >= 15 is 0 Å². The molecule has 1 aliphatic rings. The van der Waals surface area contributed by atoms with Gasteiger partial charge in [-0.1, -0.05) is 24.3 Å². The number of pyridine rings is 1. The molecule has 5 N–H and O–H groups in total. The van der Waals surface area contributed by atoms with Gasteiger partial charge < -0.3 is 30.9 Å². The lowest BCUT2D eigenvalue weighted by molar-refractivity contribution is -0.125. The van der Waals surface area contributed by atoms with Crippen LogP contribution >= 0.6 is 0 Å². The standard InChI is InChI=1S/C20H24N4O5/c25-17(22-11-13-5-4-8-21-10-13)9-15-18(26)19(27)16(29-15)12-23-20(28)24-14-6-2-1-3-7-14/h1-8,10,15-16,18-19,26-27H,9,11-12H2,(H,22,25)(H2,23,24,28)/t15-,16-,18-,19+/m0/s1. The average Bonchev–Trinajstić information content (AvgIpc) is 3.00. The molecular weight excluding hydrogens is 376 g/mol. The van der Waals surface area contributed by atoms with Crippen LogP contribution in [0.15, 0.2) is 54.9 Å². The van der Waals surface area contributed by atoms with E-state index in [1.165, 1.54) is 0 Å². The van der Waals surface area contributed by atoms with Gasteiger partial charge in [0, 0.05) is 31.2 Å². The average molecular weight is 400 g/mol. The van der Waals surface area contributed by atoms with Gasteiger partial charge in [-0.25, -0.2) is 4.79 Å². The number of nitrogens with one attached hydrogen (secondary N) is 3. The summed E-state index contributed by atoms with van der Waals surface area (Å²) in [6.45, 7) is 0.299. The zero-order valence-corrected chi connectivity index (χ0v) is 15.7. The van der Waals surface area contributed by atoms with Gasteiger partial charge >= 0.3 is 6.03 Å². The number of nitrogens with zero attached hydrogens (tertiary/aromatic N) is 1. The zero-order chi connectivity index (χ0) is 20.6. The Morgan fingerprint density at radius 3 is 2.48 bits per heavy atom. The van der Waals surface area contributed by atoms with E-state index in [0.717, 1.165) is 5.56 Å². The molecule has 9 heteroatoms. The van der Waals surface area contributed by atoms with Crippen molar-refractivity contribution in [1.82, 2.24) is 15.6 Å². The number of ether oxygens (including phenoxy) is 1. The second-order valence-corrected chi connectivity index (χ2v) is 6.74. The Bertz CT molecular complexity index is 805. The normalized spacial score (nSPS) is 23.4. The van der Waals surface area contributed by atoms with Gasteiger partial charge in [0.05, 0.1) is 12.5 Å². The molecule has 0 unspecified atom stereocenters. The molecule has 9 nitrogen and oxygen atoms in total. The van der Waals surface area contributed by atoms with E-state index in [1.54, 1.807) is 42.7 Å². The molecule has 1 fully saturated rings. The van der Waals surface area contributed by atoms with Crippen molar-refractivity contribution in [2.75, 3.05) is 11.9 Å². The molecule has 154 valence electrons. The van der Waals surface area contributed by atoms with Gasteiger partial charge in [-0.3, -0.25) is 9.78 Å². The van der Waals surface area contributed by atoms with Crippen molar-refractivity contribution in [3.05, 3.63) is 60.4 Å². The minimum atomic E-state index is -1.22. The van der Waals surface area contributed by atoms with Crippen molar-refractivity contribution in [2.45, 2.75) is 37.4 Å². The predicted octanol–water partition coefficient (Wildman–Crippen LogP) is 0.399. The van der Waals surface area contributed by atoms with Crippen molar-refractivity contribution in [3.8, 4) is 0 Å². The minimum absolute atomic E-state index is 0.00923. The van der Waals surface area contributed by atoms with Gasteiger partial charge in [0.2, 0.25) is 5.91 Å². The maximum Gasteiger partial charge on any atom is 0.319 e. The minimum Gasteiger partial charge on any atom is -0.388 e. The molecular formula is C20H24N4O5. The van der Waals surface area contributed by atoms with Gasteiger partial charge in [-0.2, -0.15) is 0 Å². The first-order valence-corrected chi connectivity index (χ1v) is 9.30. The Labute approximate surface area is 168 Å². The third kappa shape index (κ3) is 5.98. The number of urea groups is 1. The van der Waals surface area contributed by atoms with Gasteiger partial charge in [0.25, 0.3) is 0 Å². The summed E-state index contributed by atoms with van der Waals surface area (Å²) in [4.78, 5) is 28.0. The molecule has 3 amide bonds. The van der Waals surface area contributed by atoms with Crippen molar-refractivity contribution >= 4 is 17.6 Å². The highest BCUT2D eigenvalue weighted by Gasteiger charge is 2.43. The lowest BCUT2D eigenvalue weighted by atomic mass is 10.1. The summed E-state index contributed by atoms with van der Waals surface area (Å²) >= 11 is 0. The molecule has 0 saturated carbocycles. The van der Waals surface area contributed by atoms with E-state index in [9.17, 15) is 19.8 Å². The van der Waals surface area contributed by atoms with Crippen LogP contribution in [-0.2, 0) is 16.1 Å². The quantitative estimate of drug-likeness (QED) is 0.457. The monoisotopic (exact) mass is 400 g/mol. The van der Waals surface area contributed by atoms with E-state index in [2.05, 4.69) is 20.9 Å². The van der Waals surface area contributed by atoms with E-state index in [4.69, 9.17) is 4.74 Å². The van der Waals surface area contributed by atoms with Crippen molar-refractivity contribution in [2.24, 2.45) is 0 Å². The molecule has 1 aromatic carbocycles. The zero-order valence-electron chi connectivity index (χ0n) is 15.7. The summed E-state index contributed by atoms with van der Waals surface area (Å²) in [6, 6.07) is 12.0. The number of anilines is 1. The van der Waals surface area contributed by atoms with Gasteiger partial charge in [0.1, 0.15) is 18.3 Å². The third-order valence-corrected chi connectivity index (χ3v) is 4.56. The van der Waals surface area contributed by atoms with Crippen LogP contribution in [0.5, 0.6) is 0 Å². The summed E-state index contributed by atoms with van der Waals surface area (Å²) in [5.74, 6) is -0.319. The first-order valence-electron chi connectivity index (χ1n) is 9.30. The Balaban J connectivity index is 1.43. The molecule has 0 spiro atoms. The lowest BCUT2D eigenvalue weighted by Crippen LogP contribution is -2.41. The second kappa shape index (κ2) is 9.97. The predicted molar refractivity (Wildman–Crippen MR) is 105 cm³/mol. The number of aromatic nitrogens is 1. The number of aliphatic hydroxyl groups excluding tert-OH is 2. The molecule has 0 radical (unpaired) electrons. The number of rotatable bonds is 7. The van der Waals surface area contributed by atoms with Crippen molar-refractivity contribution in [1.29, 1.82) is 0 Å². The number of amides is 3. The number of benzene rings is 1. The number of aliphatic hydroxyl groups is 2. The van der Waals surface area contributed by atoms with Gasteiger partial charge in [-0.15, -0.1) is 0 Å². The van der Waals surface area contributed by atoms with Gasteiger partial charge in [0.15, 0.2) is 0 Å². The van der Waals surface area contributed by atoms with Crippen molar-refractivity contribution in [3.63, 3.8) is 0 Å². The summed E-state index contributed by atoms with van der Waals surface area (Å²) < 4.78 is 5.59. The largest absolute Gasteiger partial charge is 0.388 e. The maximum atomic E-state index is 12.1. The number of para-hydroxylation sites is 1. The van der Waals surface area contributed by atoms with Crippen LogP contribution in [-0.4, -0.2) is 58.1 Å². The van der Waals surface area contributed by atoms with E-state index < -0.39 is 30.4 Å². The van der Waals surface area contributed by atoms with E-state index in [1.807, 2.05) is 12.1 Å². The highest BCUT2D eigenvalue weighted by Crippen LogP contribution is 2.23. The van der Waals surface area contributed by atoms with E-state index in [-0.39, 0.29) is 18.9 Å². The Morgan fingerprint density at radius 1 is 1.00 bits per heavy atom. The molecule has 1 saturated heterocycles. The fraction of sp³-hybridized carbons (Fsp3) is 0.350. The van der Waals surface area contributed by atoms with Gasteiger partial charge in [-0.05, 0) is 23.8 Å². The fourth-order valence-corrected chi connectivity index (χ4v) is 3.01. The number of carbonyl (C=O) groups excluding carboxylic acids is 2. The first-order chi connectivity index (χ1) is 14.0. The Morgan fingerprint density at radius 2 is 1.76 bits per heavy atom. The molecule has 0 bridgehead atoms. The van der Waals surface area contributed by atoms with Crippen LogP contribution in [0, 0.1) is 0 Å². The second-order valence-electron chi connectivity index (χ2n) is 6.74. The van der Waals surface area contributed by atoms with Crippen LogP contribution in [0.2, 0.25) is 0 Å². The smallest absolute Gasteiger partial charge is 0.319 e. The van der Waals surface area contributed by atoms with Crippen LogP contribution in [0.1, 0.15) is 12.0 Å². The SMILES string of the molecule is O=C(C[C@@H]1O[C@@H](CNC(=O)Nc2ccccc2)[C@@H](O)[C@H]1O)NCc1cccnc1. The first kappa shape index (κ1) is 20.7. The summed E-state index contributed by atoms with van der Waals surface area (Å²) in [5, 5.41) is 28.3. The molecule has 29 heavy (non-hydrogen) atoms. The molecule has 1 aromatic heterocycles. The fourth-order valence-electron chi connectivity index (χ4n) is 3.01.